The summed E-state index contributed by atoms with van der Waals surface area (Å²) in [4.78, 5) is 0. The van der Waals surface area contributed by atoms with Gasteiger partial charge < -0.3 is 5.73 Å². The van der Waals surface area contributed by atoms with Gasteiger partial charge in [-0.2, -0.15) is 0 Å². The van der Waals surface area contributed by atoms with Crippen LogP contribution in [-0.2, 0) is 0 Å². The maximum Gasteiger partial charge on any atom is 0.00767 e. The van der Waals surface area contributed by atoms with Crippen molar-refractivity contribution in [1.82, 2.24) is 0 Å². The second-order valence-corrected chi connectivity index (χ2v) is 4.90. The maximum atomic E-state index is 6.00. The van der Waals surface area contributed by atoms with Crippen molar-refractivity contribution in [3.63, 3.8) is 0 Å². The first-order valence-electron chi connectivity index (χ1n) is 6.04. The van der Waals surface area contributed by atoms with E-state index in [-0.39, 0.29) is 6.04 Å². The summed E-state index contributed by atoms with van der Waals surface area (Å²) in [6.45, 7) is 4.34. The summed E-state index contributed by atoms with van der Waals surface area (Å²) in [5.41, 5.74) is 9.02. The molecule has 1 fully saturated rings. The number of hydrogen-bond acceptors (Lipinski definition) is 1. The van der Waals surface area contributed by atoms with Gasteiger partial charge in [0, 0.05) is 6.04 Å². The van der Waals surface area contributed by atoms with E-state index < -0.39 is 0 Å². The average Bonchev–Trinajstić information content (AvgIpc) is 2.15. The van der Waals surface area contributed by atoms with Crippen LogP contribution in [0.5, 0.6) is 0 Å². The van der Waals surface area contributed by atoms with Crippen LogP contribution in [0.3, 0.4) is 0 Å². The van der Waals surface area contributed by atoms with Crippen molar-refractivity contribution in [2.45, 2.75) is 51.0 Å². The van der Waals surface area contributed by atoms with Crippen LogP contribution < -0.4 is 5.73 Å². The van der Waals surface area contributed by atoms with Crippen molar-refractivity contribution in [1.29, 1.82) is 0 Å². The Kier molecular flexibility index (Phi) is 3.11. The molecule has 2 unspecified atom stereocenters. The minimum absolute atomic E-state index is 0.242. The molecule has 2 atom stereocenters. The van der Waals surface area contributed by atoms with Crippen molar-refractivity contribution < 1.29 is 0 Å². The SMILES string of the molecule is CC(N)C(C)c1ccccc1C1CCC1. The summed E-state index contributed by atoms with van der Waals surface area (Å²) in [7, 11) is 0. The number of benzene rings is 1. The summed E-state index contributed by atoms with van der Waals surface area (Å²) < 4.78 is 0. The van der Waals surface area contributed by atoms with Gasteiger partial charge in [0.15, 0.2) is 0 Å². The van der Waals surface area contributed by atoms with E-state index in [0.29, 0.717) is 5.92 Å². The van der Waals surface area contributed by atoms with Gasteiger partial charge in [0.25, 0.3) is 0 Å². The Morgan fingerprint density at radius 1 is 1.20 bits per heavy atom. The van der Waals surface area contributed by atoms with Crippen LogP contribution in [0, 0.1) is 0 Å². The van der Waals surface area contributed by atoms with Gasteiger partial charge in [-0.05, 0) is 42.7 Å². The highest BCUT2D eigenvalue weighted by atomic mass is 14.6. The lowest BCUT2D eigenvalue weighted by Crippen LogP contribution is -2.24. The largest absolute Gasteiger partial charge is 0.327 e. The fraction of sp³-hybridized carbons (Fsp3) is 0.571. The Bertz CT molecular complexity index is 326. The van der Waals surface area contributed by atoms with Crippen molar-refractivity contribution >= 4 is 0 Å². The van der Waals surface area contributed by atoms with E-state index in [2.05, 4.69) is 38.1 Å². The van der Waals surface area contributed by atoms with Crippen LogP contribution in [0.25, 0.3) is 0 Å². The highest BCUT2D eigenvalue weighted by Gasteiger charge is 2.24. The third-order valence-electron chi connectivity index (χ3n) is 3.82. The molecule has 0 saturated heterocycles. The van der Waals surface area contributed by atoms with E-state index >= 15 is 0 Å². The first-order valence-corrected chi connectivity index (χ1v) is 6.04. The zero-order valence-corrected chi connectivity index (χ0v) is 9.74. The van der Waals surface area contributed by atoms with E-state index in [4.69, 9.17) is 5.73 Å². The fourth-order valence-corrected chi connectivity index (χ4v) is 2.30. The van der Waals surface area contributed by atoms with Crippen molar-refractivity contribution in [3.05, 3.63) is 35.4 Å². The van der Waals surface area contributed by atoms with E-state index in [1.807, 2.05) is 0 Å². The smallest absolute Gasteiger partial charge is 0.00767 e. The molecule has 0 amide bonds. The lowest BCUT2D eigenvalue weighted by molar-refractivity contribution is 0.414. The molecule has 1 aromatic carbocycles. The lowest BCUT2D eigenvalue weighted by atomic mass is 9.75. The molecule has 0 heterocycles. The highest BCUT2D eigenvalue weighted by Crippen LogP contribution is 2.40. The zero-order chi connectivity index (χ0) is 10.8. The van der Waals surface area contributed by atoms with E-state index in [9.17, 15) is 0 Å². The summed E-state index contributed by atoms with van der Waals surface area (Å²) in [6.07, 6.45) is 4.12. The van der Waals surface area contributed by atoms with Crippen LogP contribution in [0.4, 0.5) is 0 Å². The highest BCUT2D eigenvalue weighted by molar-refractivity contribution is 5.34. The minimum Gasteiger partial charge on any atom is -0.327 e. The molecule has 1 nitrogen and oxygen atoms in total. The number of hydrogen-bond donors (Lipinski definition) is 1. The number of nitrogens with two attached hydrogens (primary N) is 1. The fourth-order valence-electron chi connectivity index (χ4n) is 2.30. The molecule has 1 aliphatic carbocycles. The molecule has 0 bridgehead atoms. The van der Waals surface area contributed by atoms with Gasteiger partial charge in [-0.3, -0.25) is 0 Å². The molecule has 2 N–H and O–H groups in total. The second kappa shape index (κ2) is 4.36. The Morgan fingerprint density at radius 3 is 2.40 bits per heavy atom. The molecule has 0 aromatic heterocycles. The summed E-state index contributed by atoms with van der Waals surface area (Å²) in [6, 6.07) is 9.08. The topological polar surface area (TPSA) is 26.0 Å². The molecule has 0 radical (unpaired) electrons. The predicted octanol–water partition coefficient (Wildman–Crippen LogP) is 3.40. The summed E-state index contributed by atoms with van der Waals surface area (Å²) >= 11 is 0. The van der Waals surface area contributed by atoms with E-state index in [0.717, 1.165) is 5.92 Å². The molecule has 2 rings (SSSR count). The molecular formula is C14H21N. The molecule has 1 aliphatic rings. The first kappa shape index (κ1) is 10.7. The Labute approximate surface area is 92.7 Å². The second-order valence-electron chi connectivity index (χ2n) is 4.90. The third-order valence-corrected chi connectivity index (χ3v) is 3.82. The normalized spacial score (nSPS) is 20.7. The van der Waals surface area contributed by atoms with Gasteiger partial charge in [-0.25, -0.2) is 0 Å². The Balaban J connectivity index is 2.28. The van der Waals surface area contributed by atoms with Gasteiger partial charge in [0.05, 0.1) is 0 Å². The third kappa shape index (κ3) is 2.07. The molecule has 1 heteroatoms. The van der Waals surface area contributed by atoms with Crippen LogP contribution in [0.15, 0.2) is 24.3 Å². The van der Waals surface area contributed by atoms with Gasteiger partial charge in [0.1, 0.15) is 0 Å². The molecular weight excluding hydrogens is 182 g/mol. The molecule has 82 valence electrons. The van der Waals surface area contributed by atoms with E-state index in [1.54, 1.807) is 5.56 Å². The quantitative estimate of drug-likeness (QED) is 0.800. The van der Waals surface area contributed by atoms with Gasteiger partial charge >= 0.3 is 0 Å². The Hall–Kier alpha value is -0.820. The van der Waals surface area contributed by atoms with Crippen molar-refractivity contribution in [2.75, 3.05) is 0 Å². The molecule has 0 aliphatic heterocycles. The van der Waals surface area contributed by atoms with Crippen LogP contribution in [0.1, 0.15) is 56.1 Å². The molecule has 1 saturated carbocycles. The zero-order valence-electron chi connectivity index (χ0n) is 9.74. The van der Waals surface area contributed by atoms with Crippen LogP contribution >= 0.6 is 0 Å². The lowest BCUT2D eigenvalue weighted by Gasteiger charge is -2.30. The maximum absolute atomic E-state index is 6.00. The van der Waals surface area contributed by atoms with Crippen LogP contribution in [0.2, 0.25) is 0 Å². The monoisotopic (exact) mass is 203 g/mol. The van der Waals surface area contributed by atoms with Crippen molar-refractivity contribution in [3.8, 4) is 0 Å². The van der Waals surface area contributed by atoms with Crippen molar-refractivity contribution in [2.24, 2.45) is 5.73 Å². The predicted molar refractivity (Wildman–Crippen MR) is 65.1 cm³/mol. The first-order chi connectivity index (χ1) is 7.20. The minimum atomic E-state index is 0.242. The average molecular weight is 203 g/mol. The summed E-state index contributed by atoms with van der Waals surface area (Å²) in [5, 5.41) is 0. The Morgan fingerprint density at radius 2 is 1.87 bits per heavy atom. The summed E-state index contributed by atoms with van der Waals surface area (Å²) in [5.74, 6) is 1.28. The number of rotatable bonds is 3. The standard InChI is InChI=1S/C14H21N/c1-10(11(2)15)13-8-3-4-9-14(13)12-6-5-7-12/h3-4,8-12H,5-7,15H2,1-2H3. The van der Waals surface area contributed by atoms with Crippen LogP contribution in [-0.4, -0.2) is 6.04 Å². The van der Waals surface area contributed by atoms with Gasteiger partial charge in [-0.15, -0.1) is 0 Å². The molecule has 0 spiro atoms. The van der Waals surface area contributed by atoms with E-state index in [1.165, 1.54) is 24.8 Å². The molecule has 1 aromatic rings. The van der Waals surface area contributed by atoms with Gasteiger partial charge in [-0.1, -0.05) is 37.6 Å². The van der Waals surface area contributed by atoms with Gasteiger partial charge in [0.2, 0.25) is 0 Å². The molecule has 15 heavy (non-hydrogen) atoms.